The highest BCUT2D eigenvalue weighted by molar-refractivity contribution is 5.70. The molecule has 0 aromatic heterocycles. The van der Waals surface area contributed by atoms with E-state index in [0.29, 0.717) is 36.6 Å². The van der Waals surface area contributed by atoms with Crippen molar-refractivity contribution in [3.05, 3.63) is 59.4 Å². The Hall–Kier alpha value is -2.60. The van der Waals surface area contributed by atoms with E-state index in [2.05, 4.69) is 0 Å². The molecule has 5 nitrogen and oxygen atoms in total. The Morgan fingerprint density at radius 1 is 1.19 bits per heavy atom. The van der Waals surface area contributed by atoms with Crippen LogP contribution >= 0.6 is 0 Å². The first kappa shape index (κ1) is 19.2. The lowest BCUT2D eigenvalue weighted by atomic mass is 9.91. The minimum absolute atomic E-state index is 0.310. The van der Waals surface area contributed by atoms with Gasteiger partial charge in [-0.1, -0.05) is 24.3 Å². The lowest BCUT2D eigenvalue weighted by Gasteiger charge is -2.37. The molecule has 0 spiro atoms. The number of likely N-dealkylation sites (tertiary alicyclic amines) is 1. The molecular formula is C21H24FNO4. The zero-order valence-corrected chi connectivity index (χ0v) is 15.5. The normalized spacial score (nSPS) is 18.7. The topological polar surface area (TPSA) is 59.0 Å². The Kier molecular flexibility index (Phi) is 5.96. The van der Waals surface area contributed by atoms with Crippen molar-refractivity contribution in [1.82, 2.24) is 4.90 Å². The van der Waals surface area contributed by atoms with E-state index >= 15 is 0 Å². The molecule has 0 radical (unpaired) electrons. The molecule has 2 aromatic rings. The van der Waals surface area contributed by atoms with Crippen molar-refractivity contribution in [1.29, 1.82) is 0 Å². The van der Waals surface area contributed by atoms with Gasteiger partial charge in [0.2, 0.25) is 0 Å². The molecule has 0 saturated carbocycles. The zero-order valence-electron chi connectivity index (χ0n) is 15.5. The van der Waals surface area contributed by atoms with Crippen LogP contribution in [0.2, 0.25) is 0 Å². The van der Waals surface area contributed by atoms with E-state index < -0.39 is 17.9 Å². The van der Waals surface area contributed by atoms with Crippen LogP contribution in [0.3, 0.4) is 0 Å². The predicted octanol–water partition coefficient (Wildman–Crippen LogP) is 3.73. The summed E-state index contributed by atoms with van der Waals surface area (Å²) in [7, 11) is 3.12. The minimum Gasteiger partial charge on any atom is -0.493 e. The molecule has 1 heterocycles. The van der Waals surface area contributed by atoms with Gasteiger partial charge in [0.05, 0.1) is 26.2 Å². The van der Waals surface area contributed by atoms with Crippen LogP contribution < -0.4 is 9.47 Å². The monoisotopic (exact) mass is 373 g/mol. The average Bonchev–Trinajstić information content (AvgIpc) is 2.69. The van der Waals surface area contributed by atoms with Crippen molar-refractivity contribution in [2.45, 2.75) is 18.9 Å². The molecule has 0 bridgehead atoms. The highest BCUT2D eigenvalue weighted by atomic mass is 19.1. The van der Waals surface area contributed by atoms with Gasteiger partial charge in [0.15, 0.2) is 11.5 Å². The second-order valence-electron chi connectivity index (χ2n) is 6.71. The maximum absolute atomic E-state index is 14.7. The molecule has 27 heavy (non-hydrogen) atoms. The first-order valence-electron chi connectivity index (χ1n) is 8.98. The highest BCUT2D eigenvalue weighted by Gasteiger charge is 2.32. The summed E-state index contributed by atoms with van der Waals surface area (Å²) >= 11 is 0. The quantitative estimate of drug-likeness (QED) is 0.836. The molecule has 3 rings (SSSR count). The van der Waals surface area contributed by atoms with Crippen LogP contribution in [0.5, 0.6) is 11.5 Å². The van der Waals surface area contributed by atoms with Crippen LogP contribution in [0.15, 0.2) is 42.5 Å². The van der Waals surface area contributed by atoms with Crippen molar-refractivity contribution in [2.75, 3.05) is 27.3 Å². The maximum atomic E-state index is 14.7. The molecule has 2 unspecified atom stereocenters. The predicted molar refractivity (Wildman–Crippen MR) is 99.7 cm³/mol. The third kappa shape index (κ3) is 4.06. The van der Waals surface area contributed by atoms with Crippen LogP contribution in [0.4, 0.5) is 4.39 Å². The largest absolute Gasteiger partial charge is 0.493 e. The SMILES string of the molecule is COc1ccc(C(c2ccccc2F)N2CCCC(C(=O)O)C2)cc1OC. The summed E-state index contributed by atoms with van der Waals surface area (Å²) in [5.41, 5.74) is 1.36. The fourth-order valence-corrected chi connectivity index (χ4v) is 3.75. The van der Waals surface area contributed by atoms with Crippen LogP contribution in [0.25, 0.3) is 0 Å². The average molecular weight is 373 g/mol. The van der Waals surface area contributed by atoms with Gasteiger partial charge < -0.3 is 14.6 Å². The summed E-state index contributed by atoms with van der Waals surface area (Å²) in [4.78, 5) is 13.6. The van der Waals surface area contributed by atoms with Gasteiger partial charge in [0, 0.05) is 12.1 Å². The zero-order chi connectivity index (χ0) is 19.4. The Bertz CT molecular complexity index is 811. The van der Waals surface area contributed by atoms with Gasteiger partial charge in [-0.05, 0) is 43.1 Å². The molecule has 1 fully saturated rings. The first-order valence-corrected chi connectivity index (χ1v) is 8.98. The van der Waals surface area contributed by atoms with Gasteiger partial charge in [0.1, 0.15) is 5.82 Å². The number of hydrogen-bond acceptors (Lipinski definition) is 4. The summed E-state index contributed by atoms with van der Waals surface area (Å²) in [6.45, 7) is 1.08. The number of methoxy groups -OCH3 is 2. The summed E-state index contributed by atoms with van der Waals surface area (Å²) in [6.07, 6.45) is 1.40. The molecule has 144 valence electrons. The standard InChI is InChI=1S/C21H24FNO4/c1-26-18-10-9-14(12-19(18)27-2)20(16-7-3-4-8-17(16)22)23-11-5-6-15(13-23)21(24)25/h3-4,7-10,12,15,20H,5-6,11,13H2,1-2H3,(H,24,25). The fraction of sp³-hybridized carbons (Fsp3) is 0.381. The third-order valence-corrected chi connectivity index (χ3v) is 5.09. The molecule has 6 heteroatoms. The molecule has 0 aliphatic carbocycles. The number of piperidine rings is 1. The molecule has 1 N–H and O–H groups in total. The second-order valence-corrected chi connectivity index (χ2v) is 6.71. The number of aliphatic carboxylic acids is 1. The van der Waals surface area contributed by atoms with Crippen molar-refractivity contribution in [2.24, 2.45) is 5.92 Å². The van der Waals surface area contributed by atoms with E-state index in [-0.39, 0.29) is 5.82 Å². The number of carbonyl (C=O) groups is 1. The Balaban J connectivity index is 2.06. The minimum atomic E-state index is -0.806. The van der Waals surface area contributed by atoms with Gasteiger partial charge in [-0.25, -0.2) is 4.39 Å². The van der Waals surface area contributed by atoms with E-state index in [1.807, 2.05) is 17.0 Å². The van der Waals surface area contributed by atoms with Gasteiger partial charge in [-0.2, -0.15) is 0 Å². The van der Waals surface area contributed by atoms with E-state index in [4.69, 9.17) is 9.47 Å². The number of rotatable bonds is 6. The smallest absolute Gasteiger partial charge is 0.307 e. The van der Waals surface area contributed by atoms with Gasteiger partial charge in [-0.3, -0.25) is 9.69 Å². The second kappa shape index (κ2) is 8.39. The number of halogens is 1. The fourth-order valence-electron chi connectivity index (χ4n) is 3.75. The van der Waals surface area contributed by atoms with Crippen LogP contribution in [0.1, 0.15) is 30.0 Å². The number of nitrogens with zero attached hydrogens (tertiary/aromatic N) is 1. The summed E-state index contributed by atoms with van der Waals surface area (Å²) in [5, 5.41) is 9.45. The molecular weight excluding hydrogens is 349 g/mol. The van der Waals surface area contributed by atoms with Crippen LogP contribution in [-0.4, -0.2) is 43.3 Å². The maximum Gasteiger partial charge on any atom is 0.307 e. The van der Waals surface area contributed by atoms with Crippen LogP contribution in [0, 0.1) is 11.7 Å². The van der Waals surface area contributed by atoms with Crippen molar-refractivity contribution in [3.8, 4) is 11.5 Å². The van der Waals surface area contributed by atoms with Crippen molar-refractivity contribution < 1.29 is 23.8 Å². The van der Waals surface area contributed by atoms with E-state index in [9.17, 15) is 14.3 Å². The summed E-state index contributed by atoms with van der Waals surface area (Å²) in [6, 6.07) is 11.7. The summed E-state index contributed by atoms with van der Waals surface area (Å²) < 4.78 is 25.4. The van der Waals surface area contributed by atoms with Crippen LogP contribution in [-0.2, 0) is 4.79 Å². The molecule has 1 aliphatic rings. The lowest BCUT2D eigenvalue weighted by Crippen LogP contribution is -2.41. The molecule has 2 aromatic carbocycles. The van der Waals surface area contributed by atoms with Gasteiger partial charge in [-0.15, -0.1) is 0 Å². The number of ether oxygens (including phenoxy) is 2. The highest BCUT2D eigenvalue weighted by Crippen LogP contribution is 2.37. The summed E-state index contributed by atoms with van der Waals surface area (Å²) in [5.74, 6) is -0.416. The molecule has 1 saturated heterocycles. The van der Waals surface area contributed by atoms with E-state index in [0.717, 1.165) is 12.0 Å². The third-order valence-electron chi connectivity index (χ3n) is 5.09. The molecule has 2 atom stereocenters. The lowest BCUT2D eigenvalue weighted by molar-refractivity contribution is -0.143. The Morgan fingerprint density at radius 3 is 2.59 bits per heavy atom. The first-order chi connectivity index (χ1) is 13.0. The number of benzene rings is 2. The number of carboxylic acids is 1. The van der Waals surface area contributed by atoms with Crippen molar-refractivity contribution >= 4 is 5.97 Å². The van der Waals surface area contributed by atoms with Gasteiger partial charge >= 0.3 is 5.97 Å². The number of carboxylic acid groups (broad SMARTS) is 1. The molecule has 0 amide bonds. The van der Waals surface area contributed by atoms with E-state index in [1.54, 1.807) is 38.5 Å². The Labute approximate surface area is 158 Å². The molecule has 1 aliphatic heterocycles. The van der Waals surface area contributed by atoms with E-state index in [1.165, 1.54) is 6.07 Å². The van der Waals surface area contributed by atoms with Crippen molar-refractivity contribution in [3.63, 3.8) is 0 Å². The Morgan fingerprint density at radius 2 is 1.93 bits per heavy atom. The number of hydrogen-bond donors (Lipinski definition) is 1. The van der Waals surface area contributed by atoms with Gasteiger partial charge in [0.25, 0.3) is 0 Å².